The van der Waals surface area contributed by atoms with Crippen molar-refractivity contribution in [1.29, 1.82) is 0 Å². The van der Waals surface area contributed by atoms with Gasteiger partial charge < -0.3 is 10.2 Å². The number of halogens is 3. The van der Waals surface area contributed by atoms with Crippen LogP contribution in [0, 0.1) is 0 Å². The van der Waals surface area contributed by atoms with Gasteiger partial charge in [0.1, 0.15) is 0 Å². The number of benzene rings is 1. The van der Waals surface area contributed by atoms with Crippen LogP contribution in [0.3, 0.4) is 0 Å². The van der Waals surface area contributed by atoms with Gasteiger partial charge in [-0.25, -0.2) is 4.39 Å². The Morgan fingerprint density at radius 3 is 2.73 bits per heavy atom. The van der Waals surface area contributed by atoms with Gasteiger partial charge in [0.25, 0.3) is 0 Å². The van der Waals surface area contributed by atoms with Gasteiger partial charge in [-0.3, -0.25) is 15.1 Å². The average Bonchev–Trinajstić information content (AvgIpc) is 2.69. The predicted molar refractivity (Wildman–Crippen MR) is 112 cm³/mol. The van der Waals surface area contributed by atoms with Gasteiger partial charge in [-0.1, -0.05) is 35.3 Å². The maximum absolute atomic E-state index is 16.0. The second-order valence-corrected chi connectivity index (χ2v) is 9.03. The van der Waals surface area contributed by atoms with Crippen molar-refractivity contribution in [2.24, 2.45) is 0 Å². The van der Waals surface area contributed by atoms with E-state index in [0.717, 1.165) is 5.56 Å². The number of alkyl halides is 1. The third-order valence-corrected chi connectivity index (χ3v) is 6.68. The van der Waals surface area contributed by atoms with Crippen LogP contribution in [0.2, 0.25) is 10.0 Å². The van der Waals surface area contributed by atoms with E-state index in [4.69, 9.17) is 23.2 Å². The number of fused-ring (bicyclic) bond motifs is 1. The second kappa shape index (κ2) is 8.17. The van der Waals surface area contributed by atoms with Crippen LogP contribution in [0.5, 0.6) is 0 Å². The highest BCUT2D eigenvalue weighted by Crippen LogP contribution is 2.46. The highest BCUT2D eigenvalue weighted by molar-refractivity contribution is 6.35. The fourth-order valence-electron chi connectivity index (χ4n) is 4.31. The van der Waals surface area contributed by atoms with E-state index in [1.165, 1.54) is 12.3 Å². The number of carbonyl (C=O) groups excluding carboxylic acids is 1. The minimum absolute atomic E-state index is 0.00749. The summed E-state index contributed by atoms with van der Waals surface area (Å²) >= 11 is 12.1. The molecule has 0 aliphatic heterocycles. The molecule has 3 N–H and O–H groups in total. The maximum Gasteiger partial charge on any atom is 0.195 e. The van der Waals surface area contributed by atoms with Gasteiger partial charge in [-0.2, -0.15) is 0 Å². The quantitative estimate of drug-likeness (QED) is 0.580. The second-order valence-electron chi connectivity index (χ2n) is 8.19. The van der Waals surface area contributed by atoms with Gasteiger partial charge in [0.05, 0.1) is 11.8 Å². The average molecular weight is 453 g/mol. The largest absolute Gasteiger partial charge is 0.393 e. The number of aliphatic hydroxyl groups excluding tert-OH is 1. The first-order chi connectivity index (χ1) is 14.2. The van der Waals surface area contributed by atoms with Crippen LogP contribution in [-0.4, -0.2) is 33.1 Å². The monoisotopic (exact) mass is 452 g/mol. The Bertz CT molecular complexity index is 969. The lowest BCUT2D eigenvalue weighted by Gasteiger charge is -2.44. The van der Waals surface area contributed by atoms with E-state index in [2.05, 4.69) is 10.3 Å². The number of carbonyl (C=O) groups is 1. The number of nitrogens with zero attached hydrogens (tertiary/aromatic N) is 1. The van der Waals surface area contributed by atoms with E-state index in [-0.39, 0.29) is 42.7 Å². The third-order valence-electron chi connectivity index (χ3n) is 6.09. The zero-order chi connectivity index (χ0) is 21.5. The molecule has 5 nitrogen and oxygen atoms in total. The third kappa shape index (κ3) is 3.99. The molecule has 1 heterocycles. The van der Waals surface area contributed by atoms with Gasteiger partial charge in [0.2, 0.25) is 0 Å². The molecule has 4 rings (SSSR count). The van der Waals surface area contributed by atoms with Crippen LogP contribution in [-0.2, 0) is 22.6 Å². The highest BCUT2D eigenvalue weighted by Gasteiger charge is 2.52. The Morgan fingerprint density at radius 2 is 2.03 bits per heavy atom. The molecule has 0 radical (unpaired) electrons. The number of Topliss-reactive ketones (excluding diaryl/α,β-unsaturated/α-hetero) is 1. The zero-order valence-electron chi connectivity index (χ0n) is 16.2. The van der Waals surface area contributed by atoms with Gasteiger partial charge in [-0.05, 0) is 55.9 Å². The topological polar surface area (TPSA) is 82.5 Å². The molecule has 1 fully saturated rings. The van der Waals surface area contributed by atoms with Crippen molar-refractivity contribution in [2.75, 3.05) is 0 Å². The van der Waals surface area contributed by atoms with Crippen molar-refractivity contribution in [3.05, 3.63) is 63.4 Å². The molecule has 8 heteroatoms. The molecule has 30 heavy (non-hydrogen) atoms. The van der Waals surface area contributed by atoms with Gasteiger partial charge >= 0.3 is 0 Å². The van der Waals surface area contributed by atoms with E-state index in [0.29, 0.717) is 29.3 Å². The summed E-state index contributed by atoms with van der Waals surface area (Å²) in [5.41, 5.74) is -2.80. The first-order valence-corrected chi connectivity index (χ1v) is 10.8. The summed E-state index contributed by atoms with van der Waals surface area (Å²) in [6.07, 6.45) is 2.24. The predicted octanol–water partition coefficient (Wildman–Crippen LogP) is 3.81. The molecule has 0 amide bonds. The molecule has 0 spiro atoms. The highest BCUT2D eigenvalue weighted by atomic mass is 35.5. The number of hydrogen-bond donors (Lipinski definition) is 3. The summed E-state index contributed by atoms with van der Waals surface area (Å²) in [7, 11) is 0. The molecule has 2 aliphatic carbocycles. The fraction of sp³-hybridized carbons (Fsp3) is 0.455. The van der Waals surface area contributed by atoms with E-state index >= 15 is 4.39 Å². The summed E-state index contributed by atoms with van der Waals surface area (Å²) in [5, 5.41) is 24.7. The summed E-state index contributed by atoms with van der Waals surface area (Å²) in [5.74, 6) is -0.566. The summed E-state index contributed by atoms with van der Waals surface area (Å²) in [6, 6.07) is 8.01. The molecule has 2 aromatic rings. The summed E-state index contributed by atoms with van der Waals surface area (Å²) in [6.45, 7) is 0. The van der Waals surface area contributed by atoms with Crippen LogP contribution in [0.15, 0.2) is 36.5 Å². The molecule has 1 aromatic carbocycles. The Morgan fingerprint density at radius 1 is 1.27 bits per heavy atom. The Kier molecular flexibility index (Phi) is 5.90. The molecule has 2 aliphatic rings. The molecule has 1 saturated carbocycles. The van der Waals surface area contributed by atoms with Crippen molar-refractivity contribution in [3.8, 4) is 0 Å². The van der Waals surface area contributed by atoms with E-state index in [1.807, 2.05) is 0 Å². The Labute approximate surface area is 184 Å². The van der Waals surface area contributed by atoms with Crippen LogP contribution in [0.1, 0.15) is 48.9 Å². The van der Waals surface area contributed by atoms with Crippen molar-refractivity contribution >= 4 is 29.0 Å². The van der Waals surface area contributed by atoms with Crippen LogP contribution in [0.25, 0.3) is 0 Å². The maximum atomic E-state index is 16.0. The molecule has 2 atom stereocenters. The number of aromatic nitrogens is 1. The van der Waals surface area contributed by atoms with Crippen molar-refractivity contribution in [2.45, 2.75) is 62.1 Å². The van der Waals surface area contributed by atoms with E-state index in [1.54, 1.807) is 24.3 Å². The normalized spacial score (nSPS) is 30.4. The minimum Gasteiger partial charge on any atom is -0.393 e. The SMILES string of the molecule is O=C(CCc1ccc(Cl)cc1Cl)[C@]1(F)CC[C@@](O)(NC2CC(O)C2)c2ncccc21. The van der Waals surface area contributed by atoms with E-state index < -0.39 is 17.2 Å². The van der Waals surface area contributed by atoms with Crippen LogP contribution in [0.4, 0.5) is 4.39 Å². The smallest absolute Gasteiger partial charge is 0.195 e. The molecule has 0 bridgehead atoms. The van der Waals surface area contributed by atoms with E-state index in [9.17, 15) is 15.0 Å². The molecule has 1 aromatic heterocycles. The van der Waals surface area contributed by atoms with Crippen LogP contribution < -0.4 is 5.32 Å². The molecule has 160 valence electrons. The number of hydrogen-bond acceptors (Lipinski definition) is 5. The van der Waals surface area contributed by atoms with Gasteiger partial charge in [0.15, 0.2) is 17.2 Å². The molecular weight excluding hydrogens is 430 g/mol. The van der Waals surface area contributed by atoms with Gasteiger partial charge in [-0.15, -0.1) is 0 Å². The number of nitrogens with one attached hydrogen (secondary N) is 1. The lowest BCUT2D eigenvalue weighted by Crippen LogP contribution is -2.57. The van der Waals surface area contributed by atoms with Crippen molar-refractivity contribution in [3.63, 3.8) is 0 Å². The number of aryl methyl sites for hydroxylation is 1. The first kappa shape index (κ1) is 21.7. The minimum atomic E-state index is -2.23. The van der Waals surface area contributed by atoms with Gasteiger partial charge in [0, 0.05) is 34.3 Å². The van der Waals surface area contributed by atoms with Crippen molar-refractivity contribution in [1.82, 2.24) is 10.3 Å². The fourth-order valence-corrected chi connectivity index (χ4v) is 4.81. The summed E-state index contributed by atoms with van der Waals surface area (Å²) < 4.78 is 16.0. The lowest BCUT2D eigenvalue weighted by atomic mass is 9.74. The molecular formula is C22H23Cl2FN2O3. The molecule has 0 unspecified atom stereocenters. The molecule has 0 saturated heterocycles. The van der Waals surface area contributed by atoms with Crippen LogP contribution >= 0.6 is 23.2 Å². The first-order valence-electron chi connectivity index (χ1n) is 10.0. The summed E-state index contributed by atoms with van der Waals surface area (Å²) in [4.78, 5) is 17.2. The zero-order valence-corrected chi connectivity index (χ0v) is 17.8. The number of pyridine rings is 1. The standard InChI is InChI=1S/C22H23Cl2FN2O3/c23-14-5-3-13(18(24)10-14)4-6-19(29)21(25)7-8-22(30,27-15-11-16(28)12-15)20-17(21)2-1-9-26-20/h1-3,5,9-10,15-16,27-28,30H,4,6-8,11-12H2/t15?,16?,21-,22-/m0/s1. The van der Waals surface area contributed by atoms with Crippen molar-refractivity contribution < 1.29 is 19.4 Å². The number of rotatable bonds is 6. The lowest BCUT2D eigenvalue weighted by molar-refractivity contribution is -0.136. The number of ketones is 1. The Balaban J connectivity index is 1.55. The Hall–Kier alpha value is -1.57. The number of aliphatic hydroxyl groups is 2.